The van der Waals surface area contributed by atoms with Crippen LogP contribution < -0.4 is 26.0 Å². The second kappa shape index (κ2) is 18.2. The summed E-state index contributed by atoms with van der Waals surface area (Å²) in [6.07, 6.45) is 0. The number of anilines is 4. The van der Waals surface area contributed by atoms with Crippen LogP contribution in [0.25, 0.3) is 11.4 Å². The Balaban J connectivity index is 1.01. The summed E-state index contributed by atoms with van der Waals surface area (Å²) in [5.41, 5.74) is 5.12. The highest BCUT2D eigenvalue weighted by atomic mass is 16.5. The number of nitriles is 4. The Morgan fingerprint density at radius 2 is 0.667 bits per heavy atom. The Labute approximate surface area is 328 Å². The Morgan fingerprint density at radius 1 is 0.368 bits per heavy atom. The molecule has 2 amide bonds. The van der Waals surface area contributed by atoms with Gasteiger partial charge in [-0.05, 0) is 97.1 Å². The molecular weight excluding hydrogens is 713 g/mol. The third-order valence-electron chi connectivity index (χ3n) is 8.37. The lowest BCUT2D eigenvalue weighted by atomic mass is 10.1. The number of hydrogen-bond donors (Lipinski definition) is 4. The molecule has 0 saturated heterocycles. The second-order valence-corrected chi connectivity index (χ2v) is 12.1. The lowest BCUT2D eigenvalue weighted by molar-refractivity contribution is 0.101. The Kier molecular flexibility index (Phi) is 12.1. The molecule has 0 aliphatic rings. The van der Waals surface area contributed by atoms with Gasteiger partial charge in [-0.3, -0.25) is 9.59 Å². The number of rotatable bonds is 12. The zero-order valence-corrected chi connectivity index (χ0v) is 30.0. The molecule has 0 atom stereocenters. The highest BCUT2D eigenvalue weighted by Crippen LogP contribution is 2.27. The highest BCUT2D eigenvalue weighted by Gasteiger charge is 2.13. The lowest BCUT2D eigenvalue weighted by Crippen LogP contribution is -2.12. The molecule has 6 aromatic rings. The summed E-state index contributed by atoms with van der Waals surface area (Å²) < 4.78 is 5.96. The number of carbonyl (C=O) groups is 2. The number of nitrogens with one attached hydrogen (secondary N) is 4. The van der Waals surface area contributed by atoms with Crippen LogP contribution in [0.5, 0.6) is 11.5 Å². The largest absolute Gasteiger partial charge is 0.457 e. The molecular formula is C46H30N8O3. The Hall–Kier alpha value is -8.90. The molecule has 11 nitrogen and oxygen atoms in total. The summed E-state index contributed by atoms with van der Waals surface area (Å²) in [5.74, 6) is 0.417. The maximum absolute atomic E-state index is 13.0. The van der Waals surface area contributed by atoms with Crippen LogP contribution in [-0.2, 0) is 0 Å². The van der Waals surface area contributed by atoms with E-state index < -0.39 is 0 Å². The summed E-state index contributed by atoms with van der Waals surface area (Å²) in [6.45, 7) is 0. The summed E-state index contributed by atoms with van der Waals surface area (Å²) in [4.78, 5) is 26.0. The van der Waals surface area contributed by atoms with Crippen molar-refractivity contribution in [2.24, 2.45) is 0 Å². The standard InChI is InChI=1S/C46H30N8O3/c47-27-35(28-48)43(31-7-3-1-4-8-31)51-37-15-11-33(12-16-37)45(55)53-39-19-23-41(24-20-39)57-42-25-21-40(22-26-42)54-46(56)34-13-17-38(18-14-34)52-44(36(29-49)30-50)32-9-5-2-6-10-32/h1-26,51-52H,(H,53,55)(H,54,56). The van der Waals surface area contributed by atoms with Gasteiger partial charge in [0.25, 0.3) is 11.8 Å². The third-order valence-corrected chi connectivity index (χ3v) is 8.37. The SMILES string of the molecule is N#CC(C#N)=C(Nc1ccc(C(=O)Nc2ccc(Oc3ccc(NC(=O)c4ccc(NC(=C(C#N)C#N)c5ccccc5)cc4)cc3)cc2)cc1)c1ccccc1. The van der Waals surface area contributed by atoms with Gasteiger partial charge in [-0.2, -0.15) is 21.0 Å². The molecule has 4 N–H and O–H groups in total. The number of allylic oxidation sites excluding steroid dienone is 2. The maximum Gasteiger partial charge on any atom is 0.255 e. The van der Waals surface area contributed by atoms with Crippen molar-refractivity contribution in [2.45, 2.75) is 0 Å². The van der Waals surface area contributed by atoms with Crippen LogP contribution in [0.3, 0.4) is 0 Å². The van der Waals surface area contributed by atoms with Crippen molar-refractivity contribution in [3.63, 3.8) is 0 Å². The monoisotopic (exact) mass is 742 g/mol. The van der Waals surface area contributed by atoms with Gasteiger partial charge < -0.3 is 26.0 Å². The van der Waals surface area contributed by atoms with E-state index >= 15 is 0 Å². The van der Waals surface area contributed by atoms with E-state index in [1.807, 2.05) is 60.7 Å². The van der Waals surface area contributed by atoms with Gasteiger partial charge in [-0.1, -0.05) is 60.7 Å². The minimum absolute atomic E-state index is 0.0617. The fourth-order valence-electron chi connectivity index (χ4n) is 5.50. The van der Waals surface area contributed by atoms with Crippen LogP contribution in [0.4, 0.5) is 22.7 Å². The van der Waals surface area contributed by atoms with Gasteiger partial charge in [-0.25, -0.2) is 0 Å². The van der Waals surface area contributed by atoms with Gasteiger partial charge in [0.2, 0.25) is 0 Å². The number of hydrogen-bond acceptors (Lipinski definition) is 9. The Morgan fingerprint density at radius 3 is 0.982 bits per heavy atom. The number of ether oxygens (including phenoxy) is 1. The van der Waals surface area contributed by atoms with Gasteiger partial charge in [0.15, 0.2) is 11.1 Å². The molecule has 0 fully saturated rings. The van der Waals surface area contributed by atoms with E-state index in [1.165, 1.54) is 0 Å². The molecule has 57 heavy (non-hydrogen) atoms. The van der Waals surface area contributed by atoms with E-state index in [2.05, 4.69) is 21.3 Å². The highest BCUT2D eigenvalue weighted by molar-refractivity contribution is 6.05. The van der Waals surface area contributed by atoms with E-state index in [0.717, 1.165) is 0 Å². The summed E-state index contributed by atoms with van der Waals surface area (Å²) in [7, 11) is 0. The van der Waals surface area contributed by atoms with E-state index in [1.54, 1.807) is 121 Å². The van der Waals surface area contributed by atoms with Crippen molar-refractivity contribution in [1.29, 1.82) is 21.0 Å². The minimum atomic E-state index is -0.326. The first-order chi connectivity index (χ1) is 27.9. The smallest absolute Gasteiger partial charge is 0.255 e. The molecule has 0 radical (unpaired) electrons. The molecule has 0 aliphatic heterocycles. The van der Waals surface area contributed by atoms with E-state index in [0.29, 0.717) is 67.9 Å². The van der Waals surface area contributed by atoms with Crippen LogP contribution in [0.15, 0.2) is 169 Å². The van der Waals surface area contributed by atoms with Crippen molar-refractivity contribution < 1.29 is 14.3 Å². The average Bonchev–Trinajstić information content (AvgIpc) is 3.26. The molecule has 0 unspecified atom stereocenters. The molecule has 0 saturated carbocycles. The van der Waals surface area contributed by atoms with Crippen LogP contribution in [0, 0.1) is 45.3 Å². The number of carbonyl (C=O) groups excluding carboxylic acids is 2. The third kappa shape index (κ3) is 9.75. The predicted molar refractivity (Wildman–Crippen MR) is 218 cm³/mol. The second-order valence-electron chi connectivity index (χ2n) is 12.1. The zero-order chi connectivity index (χ0) is 40.0. The first-order valence-electron chi connectivity index (χ1n) is 17.3. The van der Waals surface area contributed by atoms with Crippen molar-refractivity contribution >= 4 is 46.0 Å². The first-order valence-corrected chi connectivity index (χ1v) is 17.3. The number of benzene rings is 6. The molecule has 0 aliphatic carbocycles. The molecule has 272 valence electrons. The van der Waals surface area contributed by atoms with Gasteiger partial charge in [0.1, 0.15) is 35.8 Å². The van der Waals surface area contributed by atoms with Crippen LogP contribution in [0.1, 0.15) is 31.8 Å². The fraction of sp³-hybridized carbons (Fsp3) is 0. The minimum Gasteiger partial charge on any atom is -0.457 e. The lowest BCUT2D eigenvalue weighted by Gasteiger charge is -2.13. The van der Waals surface area contributed by atoms with Crippen molar-refractivity contribution in [2.75, 3.05) is 21.3 Å². The number of nitrogens with zero attached hydrogens (tertiary/aromatic N) is 4. The average molecular weight is 743 g/mol. The summed E-state index contributed by atoms with van der Waals surface area (Å²) in [6, 6.07) is 52.9. The van der Waals surface area contributed by atoms with E-state index in [4.69, 9.17) is 4.74 Å². The maximum atomic E-state index is 13.0. The molecule has 0 bridgehead atoms. The van der Waals surface area contributed by atoms with Gasteiger partial charge in [-0.15, -0.1) is 0 Å². The molecule has 0 spiro atoms. The van der Waals surface area contributed by atoms with Crippen molar-refractivity contribution in [3.8, 4) is 35.8 Å². The molecule has 6 aromatic carbocycles. The fourth-order valence-corrected chi connectivity index (χ4v) is 5.50. The van der Waals surface area contributed by atoms with E-state index in [-0.39, 0.29) is 23.0 Å². The number of amides is 2. The van der Waals surface area contributed by atoms with Crippen LogP contribution >= 0.6 is 0 Å². The quantitative estimate of drug-likeness (QED) is 0.0885. The predicted octanol–water partition coefficient (Wildman–Crippen LogP) is 9.72. The molecule has 0 heterocycles. The topological polar surface area (TPSA) is 187 Å². The zero-order valence-electron chi connectivity index (χ0n) is 30.0. The van der Waals surface area contributed by atoms with Gasteiger partial charge in [0, 0.05) is 45.0 Å². The first kappa shape index (κ1) is 37.8. The normalized spacial score (nSPS) is 9.82. The van der Waals surface area contributed by atoms with Crippen molar-refractivity contribution in [3.05, 3.63) is 191 Å². The van der Waals surface area contributed by atoms with E-state index in [9.17, 15) is 30.6 Å². The summed E-state index contributed by atoms with van der Waals surface area (Å²) in [5, 5.41) is 49.8. The van der Waals surface area contributed by atoms with Crippen molar-refractivity contribution in [1.82, 2.24) is 0 Å². The van der Waals surface area contributed by atoms with Gasteiger partial charge >= 0.3 is 0 Å². The molecule has 11 heteroatoms. The van der Waals surface area contributed by atoms with Crippen LogP contribution in [0.2, 0.25) is 0 Å². The molecule has 6 rings (SSSR count). The molecule has 0 aromatic heterocycles. The Bertz CT molecular complexity index is 2410. The summed E-state index contributed by atoms with van der Waals surface area (Å²) >= 11 is 0. The van der Waals surface area contributed by atoms with Gasteiger partial charge in [0.05, 0.1) is 11.4 Å². The van der Waals surface area contributed by atoms with Crippen LogP contribution in [-0.4, -0.2) is 11.8 Å².